The van der Waals surface area contributed by atoms with Crippen molar-refractivity contribution < 1.29 is 23.1 Å². The van der Waals surface area contributed by atoms with Crippen LogP contribution in [0.1, 0.15) is 26.7 Å². The summed E-state index contributed by atoms with van der Waals surface area (Å²) in [6.07, 6.45) is 0.614. The summed E-state index contributed by atoms with van der Waals surface area (Å²) in [5.74, 6) is -1.90. The number of nitrogens with zero attached hydrogens (tertiary/aromatic N) is 1. The van der Waals surface area contributed by atoms with Gasteiger partial charge in [-0.2, -0.15) is 0 Å². The second-order valence-electron chi connectivity index (χ2n) is 5.15. The molecule has 0 bridgehead atoms. The molecule has 110 valence electrons. The van der Waals surface area contributed by atoms with Gasteiger partial charge in [-0.3, -0.25) is 9.59 Å². The number of hydrogen-bond donors (Lipinski definition) is 2. The summed E-state index contributed by atoms with van der Waals surface area (Å²) < 4.78 is 22.9. The monoisotopic (exact) mass is 292 g/mol. The highest BCUT2D eigenvalue weighted by Crippen LogP contribution is 2.21. The molecule has 0 spiro atoms. The Morgan fingerprint density at radius 3 is 2.42 bits per heavy atom. The summed E-state index contributed by atoms with van der Waals surface area (Å²) in [5, 5.41) is 8.88. The smallest absolute Gasteiger partial charge is 0.323 e. The van der Waals surface area contributed by atoms with Crippen LogP contribution in [0, 0.1) is 0 Å². The van der Waals surface area contributed by atoms with Crippen molar-refractivity contribution in [3.05, 3.63) is 0 Å². The number of nitrogens with two attached hydrogens (primary N) is 1. The lowest BCUT2D eigenvalue weighted by Crippen LogP contribution is -2.57. The maximum absolute atomic E-state index is 12.3. The predicted octanol–water partition coefficient (Wildman–Crippen LogP) is -0.786. The molecule has 1 amide bonds. The molecule has 1 aliphatic heterocycles. The third-order valence-electron chi connectivity index (χ3n) is 3.44. The highest BCUT2D eigenvalue weighted by atomic mass is 32.2. The lowest BCUT2D eigenvalue weighted by atomic mass is 9.97. The number of carbonyl (C=O) groups excluding carboxylic acids is 1. The predicted molar refractivity (Wildman–Crippen MR) is 69.3 cm³/mol. The highest BCUT2D eigenvalue weighted by molar-refractivity contribution is 7.91. The van der Waals surface area contributed by atoms with Gasteiger partial charge in [0.1, 0.15) is 6.54 Å². The van der Waals surface area contributed by atoms with Crippen LogP contribution in [0.25, 0.3) is 0 Å². The Balaban J connectivity index is 2.96. The molecule has 1 aliphatic rings. The fraction of sp³-hybridized carbons (Fsp3) is 0.818. The van der Waals surface area contributed by atoms with E-state index in [1.54, 1.807) is 6.92 Å². The van der Waals surface area contributed by atoms with Crippen LogP contribution >= 0.6 is 0 Å². The topological polar surface area (TPSA) is 118 Å². The van der Waals surface area contributed by atoms with Gasteiger partial charge in [0.25, 0.3) is 0 Å². The number of carbonyl (C=O) groups is 2. The summed E-state index contributed by atoms with van der Waals surface area (Å²) in [6.45, 7) is 2.72. The molecule has 0 aliphatic carbocycles. The van der Waals surface area contributed by atoms with Gasteiger partial charge in [-0.1, -0.05) is 6.92 Å². The first-order valence-electron chi connectivity index (χ1n) is 6.11. The molecule has 8 heteroatoms. The molecule has 1 heterocycles. The summed E-state index contributed by atoms with van der Waals surface area (Å²) in [6, 6.07) is -0.594. The van der Waals surface area contributed by atoms with E-state index in [4.69, 9.17) is 10.8 Å². The summed E-state index contributed by atoms with van der Waals surface area (Å²) in [7, 11) is -3.19. The van der Waals surface area contributed by atoms with Gasteiger partial charge in [-0.05, 0) is 19.8 Å². The Kier molecular flexibility index (Phi) is 4.57. The number of hydrogen-bond acceptors (Lipinski definition) is 5. The maximum atomic E-state index is 12.3. The van der Waals surface area contributed by atoms with E-state index in [9.17, 15) is 18.0 Å². The zero-order chi connectivity index (χ0) is 14.8. The van der Waals surface area contributed by atoms with E-state index in [-0.39, 0.29) is 17.9 Å². The average Bonchev–Trinajstić information content (AvgIpc) is 2.65. The maximum Gasteiger partial charge on any atom is 0.323 e. The van der Waals surface area contributed by atoms with E-state index in [0.29, 0.717) is 6.42 Å². The standard InChI is InChI=1S/C11H20N2O5S/c1-3-11(2,12)10(16)13(6-9(14)15)8-4-5-19(17,18)7-8/h8H,3-7,12H2,1-2H3,(H,14,15). The number of amides is 1. The summed E-state index contributed by atoms with van der Waals surface area (Å²) >= 11 is 0. The molecule has 0 saturated carbocycles. The van der Waals surface area contributed by atoms with Crippen molar-refractivity contribution in [3.63, 3.8) is 0 Å². The highest BCUT2D eigenvalue weighted by Gasteiger charge is 2.40. The Morgan fingerprint density at radius 1 is 1.47 bits per heavy atom. The first-order valence-corrected chi connectivity index (χ1v) is 7.93. The van der Waals surface area contributed by atoms with E-state index >= 15 is 0 Å². The summed E-state index contributed by atoms with van der Waals surface area (Å²) in [5.41, 5.74) is 4.66. The Hall–Kier alpha value is -1.15. The van der Waals surface area contributed by atoms with Crippen LogP contribution < -0.4 is 5.73 Å². The van der Waals surface area contributed by atoms with E-state index < -0.39 is 39.8 Å². The average molecular weight is 292 g/mol. The summed E-state index contributed by atoms with van der Waals surface area (Å²) in [4.78, 5) is 24.2. The van der Waals surface area contributed by atoms with Gasteiger partial charge in [0.05, 0.1) is 17.0 Å². The third-order valence-corrected chi connectivity index (χ3v) is 5.19. The number of rotatable bonds is 5. The van der Waals surface area contributed by atoms with Gasteiger partial charge in [0, 0.05) is 6.04 Å². The largest absolute Gasteiger partial charge is 0.480 e. The second kappa shape index (κ2) is 5.46. The molecule has 1 rings (SSSR count). The van der Waals surface area contributed by atoms with Crippen molar-refractivity contribution in [2.75, 3.05) is 18.1 Å². The van der Waals surface area contributed by atoms with Crippen molar-refractivity contribution in [1.82, 2.24) is 4.90 Å². The zero-order valence-corrected chi connectivity index (χ0v) is 11.9. The molecule has 7 nitrogen and oxygen atoms in total. The van der Waals surface area contributed by atoms with Gasteiger partial charge in [-0.15, -0.1) is 0 Å². The van der Waals surface area contributed by atoms with Crippen LogP contribution in [0.15, 0.2) is 0 Å². The van der Waals surface area contributed by atoms with Gasteiger partial charge in [-0.25, -0.2) is 8.42 Å². The Labute approximate surface area is 112 Å². The van der Waals surface area contributed by atoms with Gasteiger partial charge < -0.3 is 15.7 Å². The van der Waals surface area contributed by atoms with E-state index in [2.05, 4.69) is 0 Å². The van der Waals surface area contributed by atoms with Crippen molar-refractivity contribution in [1.29, 1.82) is 0 Å². The number of carboxylic acid groups (broad SMARTS) is 1. The molecular weight excluding hydrogens is 272 g/mol. The van der Waals surface area contributed by atoms with Crippen molar-refractivity contribution in [2.45, 2.75) is 38.3 Å². The number of carboxylic acids is 1. The molecule has 0 aromatic carbocycles. The molecule has 0 aromatic heterocycles. The number of aliphatic carboxylic acids is 1. The number of sulfone groups is 1. The fourth-order valence-electron chi connectivity index (χ4n) is 2.01. The minimum atomic E-state index is -3.19. The molecule has 0 aromatic rings. The Bertz CT molecular complexity index is 471. The fourth-order valence-corrected chi connectivity index (χ4v) is 3.74. The lowest BCUT2D eigenvalue weighted by Gasteiger charge is -2.33. The van der Waals surface area contributed by atoms with Crippen LogP contribution in [-0.4, -0.2) is 59.9 Å². The first kappa shape index (κ1) is 15.9. The zero-order valence-electron chi connectivity index (χ0n) is 11.1. The second-order valence-corrected chi connectivity index (χ2v) is 7.38. The molecule has 19 heavy (non-hydrogen) atoms. The van der Waals surface area contributed by atoms with Crippen LogP contribution in [0.3, 0.4) is 0 Å². The van der Waals surface area contributed by atoms with Crippen LogP contribution in [0.5, 0.6) is 0 Å². The minimum Gasteiger partial charge on any atom is -0.480 e. The molecule has 2 atom stereocenters. The van der Waals surface area contributed by atoms with Crippen LogP contribution in [-0.2, 0) is 19.4 Å². The first-order chi connectivity index (χ1) is 8.59. The van der Waals surface area contributed by atoms with Gasteiger partial charge in [0.15, 0.2) is 9.84 Å². The normalized spacial score (nSPS) is 24.7. The minimum absolute atomic E-state index is 0.0194. The Morgan fingerprint density at radius 2 is 2.05 bits per heavy atom. The quantitative estimate of drug-likeness (QED) is 0.686. The van der Waals surface area contributed by atoms with E-state index in [0.717, 1.165) is 4.90 Å². The molecular formula is C11H20N2O5S. The molecule has 3 N–H and O–H groups in total. The van der Waals surface area contributed by atoms with Gasteiger partial charge >= 0.3 is 5.97 Å². The SMILES string of the molecule is CCC(C)(N)C(=O)N(CC(=O)O)C1CCS(=O)(=O)C1. The van der Waals surface area contributed by atoms with Crippen molar-refractivity contribution in [3.8, 4) is 0 Å². The third kappa shape index (κ3) is 3.90. The molecule has 0 radical (unpaired) electrons. The van der Waals surface area contributed by atoms with E-state index in [1.165, 1.54) is 6.92 Å². The van der Waals surface area contributed by atoms with Crippen LogP contribution in [0.2, 0.25) is 0 Å². The lowest BCUT2D eigenvalue weighted by molar-refractivity contribution is -0.148. The molecule has 1 fully saturated rings. The molecule has 2 unspecified atom stereocenters. The van der Waals surface area contributed by atoms with E-state index in [1.807, 2.05) is 0 Å². The van der Waals surface area contributed by atoms with Crippen molar-refractivity contribution >= 4 is 21.7 Å². The van der Waals surface area contributed by atoms with Gasteiger partial charge in [0.2, 0.25) is 5.91 Å². The molecule has 1 saturated heterocycles. The van der Waals surface area contributed by atoms with Crippen molar-refractivity contribution in [2.24, 2.45) is 5.73 Å². The van der Waals surface area contributed by atoms with Crippen LogP contribution in [0.4, 0.5) is 0 Å².